The average Bonchev–Trinajstić information content (AvgIpc) is 3.21. The number of carbonyl (C=O) groups excluding carboxylic acids is 1. The molecule has 0 atom stereocenters. The van der Waals surface area contributed by atoms with Gasteiger partial charge in [0.05, 0.1) is 34.4 Å². The second-order valence-corrected chi connectivity index (χ2v) is 7.09. The maximum Gasteiger partial charge on any atom is 0.258 e. The van der Waals surface area contributed by atoms with Crippen LogP contribution < -0.4 is 10.1 Å². The monoisotopic (exact) mass is 408 g/mol. The summed E-state index contributed by atoms with van der Waals surface area (Å²) in [5.74, 6) is 0.967. The van der Waals surface area contributed by atoms with Gasteiger partial charge in [-0.05, 0) is 55.5 Å². The Morgan fingerprint density at radius 3 is 2.45 bits per heavy atom. The minimum atomic E-state index is -0.246. The molecule has 2 aromatic heterocycles. The fraction of sp³-hybridized carbons (Fsp3) is 0.0800. The highest BCUT2D eigenvalue weighted by Crippen LogP contribution is 2.27. The van der Waals surface area contributed by atoms with Gasteiger partial charge in [0.15, 0.2) is 0 Å². The van der Waals surface area contributed by atoms with Crippen molar-refractivity contribution in [3.8, 4) is 17.0 Å². The van der Waals surface area contributed by atoms with Gasteiger partial charge in [0.2, 0.25) is 5.95 Å². The lowest BCUT2D eigenvalue weighted by Crippen LogP contribution is -2.14. The average molecular weight is 408 g/mol. The minimum Gasteiger partial charge on any atom is -0.494 e. The first-order valence-electron chi connectivity index (χ1n) is 10.1. The van der Waals surface area contributed by atoms with E-state index in [9.17, 15) is 4.79 Å². The van der Waals surface area contributed by atoms with E-state index in [0.717, 1.165) is 38.9 Å². The number of H-pyrrole nitrogens is 1. The van der Waals surface area contributed by atoms with Crippen molar-refractivity contribution in [2.24, 2.45) is 0 Å². The van der Waals surface area contributed by atoms with Crippen LogP contribution in [0.3, 0.4) is 0 Å². The lowest BCUT2D eigenvalue weighted by atomic mass is 10.0. The van der Waals surface area contributed by atoms with Gasteiger partial charge in [0.1, 0.15) is 5.75 Å². The van der Waals surface area contributed by atoms with Gasteiger partial charge in [-0.3, -0.25) is 10.1 Å². The molecule has 152 valence electrons. The summed E-state index contributed by atoms with van der Waals surface area (Å²) in [7, 11) is 0. The molecule has 0 saturated carbocycles. The zero-order valence-corrected chi connectivity index (χ0v) is 16.9. The van der Waals surface area contributed by atoms with E-state index in [1.54, 1.807) is 0 Å². The van der Waals surface area contributed by atoms with Crippen LogP contribution in [-0.2, 0) is 0 Å². The number of para-hydroxylation sites is 3. The van der Waals surface area contributed by atoms with Crippen LogP contribution in [0, 0.1) is 0 Å². The number of anilines is 1. The van der Waals surface area contributed by atoms with Gasteiger partial charge < -0.3 is 9.72 Å². The van der Waals surface area contributed by atoms with Gasteiger partial charge in [-0.1, -0.05) is 30.3 Å². The molecule has 5 aromatic rings. The zero-order chi connectivity index (χ0) is 21.2. The largest absolute Gasteiger partial charge is 0.494 e. The van der Waals surface area contributed by atoms with Crippen LogP contribution in [0.2, 0.25) is 0 Å². The molecule has 6 heteroatoms. The summed E-state index contributed by atoms with van der Waals surface area (Å²) in [4.78, 5) is 25.6. The maximum atomic E-state index is 13.2. The summed E-state index contributed by atoms with van der Waals surface area (Å²) in [6.45, 7) is 2.56. The molecule has 0 bridgehead atoms. The van der Waals surface area contributed by atoms with E-state index in [-0.39, 0.29) is 5.91 Å². The molecule has 0 fully saturated rings. The number of hydrogen-bond donors (Lipinski definition) is 2. The molecule has 0 unspecified atom stereocenters. The molecule has 0 aliphatic heterocycles. The van der Waals surface area contributed by atoms with E-state index in [2.05, 4.69) is 15.3 Å². The molecular weight excluding hydrogens is 388 g/mol. The summed E-state index contributed by atoms with van der Waals surface area (Å²) in [5, 5.41) is 3.67. The second kappa shape index (κ2) is 7.91. The maximum absolute atomic E-state index is 13.2. The Bertz CT molecular complexity index is 1360. The van der Waals surface area contributed by atoms with Crippen LogP contribution in [0.1, 0.15) is 17.3 Å². The SMILES string of the molecule is CCOc1ccc(-c2cc(C(=O)Nc3nc4ccccc4[nH]3)c3ccccc3n2)cc1. The number of imidazole rings is 1. The van der Waals surface area contributed by atoms with Crippen molar-refractivity contribution in [3.63, 3.8) is 0 Å². The minimum absolute atomic E-state index is 0.246. The number of fused-ring (bicyclic) bond motifs is 2. The molecule has 31 heavy (non-hydrogen) atoms. The third kappa shape index (κ3) is 3.71. The van der Waals surface area contributed by atoms with Gasteiger partial charge in [0.25, 0.3) is 5.91 Å². The molecule has 2 heterocycles. The Balaban J connectivity index is 1.54. The topological polar surface area (TPSA) is 79.9 Å². The number of ether oxygens (including phenoxy) is 1. The molecular formula is C25H20N4O2. The van der Waals surface area contributed by atoms with E-state index >= 15 is 0 Å². The summed E-state index contributed by atoms with van der Waals surface area (Å²) >= 11 is 0. The highest BCUT2D eigenvalue weighted by atomic mass is 16.5. The lowest BCUT2D eigenvalue weighted by Gasteiger charge is -2.10. The van der Waals surface area contributed by atoms with Crippen molar-refractivity contribution in [2.45, 2.75) is 6.92 Å². The highest BCUT2D eigenvalue weighted by Gasteiger charge is 2.15. The van der Waals surface area contributed by atoms with Gasteiger partial charge >= 0.3 is 0 Å². The van der Waals surface area contributed by atoms with E-state index < -0.39 is 0 Å². The summed E-state index contributed by atoms with van der Waals surface area (Å²) in [6.07, 6.45) is 0. The van der Waals surface area contributed by atoms with Crippen LogP contribution in [0.15, 0.2) is 78.9 Å². The Morgan fingerprint density at radius 1 is 0.935 bits per heavy atom. The Kier molecular flexibility index (Phi) is 4.80. The Morgan fingerprint density at radius 2 is 1.68 bits per heavy atom. The van der Waals surface area contributed by atoms with E-state index in [0.29, 0.717) is 18.1 Å². The summed E-state index contributed by atoms with van der Waals surface area (Å²) in [5.41, 5.74) is 4.59. The van der Waals surface area contributed by atoms with Crippen LogP contribution in [0.25, 0.3) is 33.2 Å². The number of carbonyl (C=O) groups is 1. The number of pyridine rings is 1. The van der Waals surface area contributed by atoms with Crippen LogP contribution in [0.4, 0.5) is 5.95 Å². The molecule has 1 amide bonds. The van der Waals surface area contributed by atoms with Gasteiger partial charge in [-0.15, -0.1) is 0 Å². The van der Waals surface area contributed by atoms with Crippen molar-refractivity contribution in [1.29, 1.82) is 0 Å². The molecule has 0 radical (unpaired) electrons. The number of amides is 1. The van der Waals surface area contributed by atoms with Gasteiger partial charge in [-0.2, -0.15) is 0 Å². The van der Waals surface area contributed by atoms with E-state index in [4.69, 9.17) is 9.72 Å². The first-order valence-corrected chi connectivity index (χ1v) is 10.1. The predicted molar refractivity (Wildman–Crippen MR) is 122 cm³/mol. The number of hydrogen-bond acceptors (Lipinski definition) is 4. The van der Waals surface area contributed by atoms with Crippen molar-refractivity contribution in [2.75, 3.05) is 11.9 Å². The third-order valence-electron chi connectivity index (χ3n) is 5.04. The smallest absolute Gasteiger partial charge is 0.258 e. The summed E-state index contributed by atoms with van der Waals surface area (Å²) < 4.78 is 5.53. The predicted octanol–water partition coefficient (Wildman–Crippen LogP) is 5.43. The first kappa shape index (κ1) is 18.8. The Labute approximate surface area is 178 Å². The van der Waals surface area contributed by atoms with E-state index in [1.807, 2.05) is 85.8 Å². The fourth-order valence-electron chi connectivity index (χ4n) is 3.59. The number of nitrogens with one attached hydrogen (secondary N) is 2. The number of rotatable bonds is 5. The molecule has 6 nitrogen and oxygen atoms in total. The third-order valence-corrected chi connectivity index (χ3v) is 5.04. The molecule has 0 saturated heterocycles. The lowest BCUT2D eigenvalue weighted by molar-refractivity contribution is 0.102. The molecule has 0 aliphatic carbocycles. The summed E-state index contributed by atoms with van der Waals surface area (Å²) in [6, 6.07) is 24.8. The van der Waals surface area contributed by atoms with E-state index in [1.165, 1.54) is 0 Å². The molecule has 0 aliphatic rings. The Hall–Kier alpha value is -4.19. The standard InChI is InChI=1S/C25H20N4O2/c1-2-31-17-13-11-16(12-14-17)23-15-19(18-7-3-4-8-20(18)26-23)24(30)29-25-27-21-9-5-6-10-22(21)28-25/h3-15H,2H2,1H3,(H2,27,28,29,30). The van der Waals surface area contributed by atoms with Crippen LogP contribution >= 0.6 is 0 Å². The second-order valence-electron chi connectivity index (χ2n) is 7.09. The number of aromatic amines is 1. The normalized spacial score (nSPS) is 11.0. The van der Waals surface area contributed by atoms with Crippen molar-refractivity contribution in [3.05, 3.63) is 84.4 Å². The van der Waals surface area contributed by atoms with Crippen LogP contribution in [-0.4, -0.2) is 27.5 Å². The molecule has 3 aromatic carbocycles. The number of nitrogens with zero attached hydrogens (tertiary/aromatic N) is 2. The van der Waals surface area contributed by atoms with Crippen molar-refractivity contribution < 1.29 is 9.53 Å². The molecule has 2 N–H and O–H groups in total. The molecule has 5 rings (SSSR count). The zero-order valence-electron chi connectivity index (χ0n) is 16.9. The fourth-order valence-corrected chi connectivity index (χ4v) is 3.59. The van der Waals surface area contributed by atoms with Crippen molar-refractivity contribution in [1.82, 2.24) is 15.0 Å². The molecule has 0 spiro atoms. The van der Waals surface area contributed by atoms with Crippen molar-refractivity contribution >= 4 is 33.8 Å². The van der Waals surface area contributed by atoms with Gasteiger partial charge in [0, 0.05) is 10.9 Å². The van der Waals surface area contributed by atoms with Gasteiger partial charge in [-0.25, -0.2) is 9.97 Å². The number of benzene rings is 3. The highest BCUT2D eigenvalue weighted by molar-refractivity contribution is 6.12. The van der Waals surface area contributed by atoms with Crippen LogP contribution in [0.5, 0.6) is 5.75 Å². The quantitative estimate of drug-likeness (QED) is 0.406. The number of aromatic nitrogens is 3. The first-order chi connectivity index (χ1) is 15.2.